The summed E-state index contributed by atoms with van der Waals surface area (Å²) >= 11 is 11.6. The molecule has 0 bridgehead atoms. The summed E-state index contributed by atoms with van der Waals surface area (Å²) in [5, 5.41) is 0. The Kier molecular flexibility index (Phi) is 1.55. The summed E-state index contributed by atoms with van der Waals surface area (Å²) in [4.78, 5) is 11.2. The van der Waals surface area contributed by atoms with Crippen LogP contribution in [0.2, 0.25) is 0 Å². The number of hydrogen-bond donors (Lipinski definition) is 0. The number of alkyl halides is 2. The molecule has 0 aromatic rings. The Morgan fingerprint density at radius 3 is 2.91 bits per heavy atom. The number of fused-ring (bicyclic) bond motifs is 1. The number of carbonyl (C=O) groups is 1. The average Bonchev–Trinajstić information content (AvgIpc) is 2.04. The zero-order chi connectivity index (χ0) is 8.06. The van der Waals surface area contributed by atoms with Crippen LogP contribution in [0.25, 0.3) is 0 Å². The Morgan fingerprint density at radius 1 is 1.55 bits per heavy atom. The summed E-state index contributed by atoms with van der Waals surface area (Å²) in [6.45, 7) is 0. The molecule has 2 unspecified atom stereocenters. The second-order valence-electron chi connectivity index (χ2n) is 3.12. The van der Waals surface area contributed by atoms with Crippen molar-refractivity contribution in [2.24, 2.45) is 11.8 Å². The van der Waals surface area contributed by atoms with Gasteiger partial charge in [-0.15, -0.1) is 0 Å². The monoisotopic (exact) mass is 190 g/mol. The molecule has 1 fully saturated rings. The Hall–Kier alpha value is -0.0100. The van der Waals surface area contributed by atoms with Crippen molar-refractivity contribution in [3.05, 3.63) is 12.2 Å². The molecular formula is C8H8Cl2O. The maximum absolute atomic E-state index is 11.2. The van der Waals surface area contributed by atoms with Crippen LogP contribution in [0.15, 0.2) is 12.2 Å². The Morgan fingerprint density at radius 2 is 2.27 bits per heavy atom. The molecule has 1 saturated carbocycles. The first-order valence-electron chi connectivity index (χ1n) is 3.73. The van der Waals surface area contributed by atoms with Crippen LogP contribution in [0, 0.1) is 11.8 Å². The first-order valence-corrected chi connectivity index (χ1v) is 4.48. The van der Waals surface area contributed by atoms with E-state index in [4.69, 9.17) is 23.2 Å². The smallest absolute Gasteiger partial charge is 0.183 e. The van der Waals surface area contributed by atoms with E-state index in [1.165, 1.54) is 0 Å². The predicted octanol–water partition coefficient (Wildman–Crippen LogP) is 2.33. The lowest BCUT2D eigenvalue weighted by molar-refractivity contribution is -0.134. The minimum atomic E-state index is -1.11. The zero-order valence-electron chi connectivity index (χ0n) is 5.89. The van der Waals surface area contributed by atoms with Crippen LogP contribution in [0.4, 0.5) is 0 Å². The molecule has 11 heavy (non-hydrogen) atoms. The highest BCUT2D eigenvalue weighted by Crippen LogP contribution is 2.52. The molecule has 0 aromatic heterocycles. The van der Waals surface area contributed by atoms with E-state index in [2.05, 4.69) is 0 Å². The third kappa shape index (κ3) is 0.875. The average molecular weight is 191 g/mol. The second-order valence-corrected chi connectivity index (χ2v) is 4.51. The van der Waals surface area contributed by atoms with Crippen molar-refractivity contribution in [3.63, 3.8) is 0 Å². The highest BCUT2D eigenvalue weighted by Gasteiger charge is 2.59. The van der Waals surface area contributed by atoms with E-state index >= 15 is 0 Å². The predicted molar refractivity (Wildman–Crippen MR) is 44.8 cm³/mol. The lowest BCUT2D eigenvalue weighted by Crippen LogP contribution is -2.56. The molecule has 2 rings (SSSR count). The maximum atomic E-state index is 11.2. The number of ketones is 1. The molecule has 0 heterocycles. The summed E-state index contributed by atoms with van der Waals surface area (Å²) in [5.41, 5.74) is 0. The molecule has 0 amide bonds. The lowest BCUT2D eigenvalue weighted by Gasteiger charge is -2.45. The zero-order valence-corrected chi connectivity index (χ0v) is 7.40. The topological polar surface area (TPSA) is 17.1 Å². The fraction of sp³-hybridized carbons (Fsp3) is 0.625. The number of carbonyl (C=O) groups excluding carboxylic acids is 1. The summed E-state index contributed by atoms with van der Waals surface area (Å²) < 4.78 is -1.11. The molecule has 0 aliphatic heterocycles. The first kappa shape index (κ1) is 7.63. The molecular weight excluding hydrogens is 183 g/mol. The molecule has 0 spiro atoms. The van der Waals surface area contributed by atoms with E-state index in [-0.39, 0.29) is 17.6 Å². The van der Waals surface area contributed by atoms with Crippen molar-refractivity contribution in [1.29, 1.82) is 0 Å². The van der Waals surface area contributed by atoms with Gasteiger partial charge in [-0.2, -0.15) is 0 Å². The molecule has 3 heteroatoms. The maximum Gasteiger partial charge on any atom is 0.183 e. The number of rotatable bonds is 0. The fourth-order valence-electron chi connectivity index (χ4n) is 1.82. The fourth-order valence-corrected chi connectivity index (χ4v) is 2.55. The van der Waals surface area contributed by atoms with Gasteiger partial charge in [0.05, 0.1) is 0 Å². The van der Waals surface area contributed by atoms with E-state index < -0.39 is 4.33 Å². The van der Waals surface area contributed by atoms with Crippen molar-refractivity contribution in [3.8, 4) is 0 Å². The van der Waals surface area contributed by atoms with Crippen LogP contribution in [-0.4, -0.2) is 10.1 Å². The van der Waals surface area contributed by atoms with Crippen LogP contribution in [0.5, 0.6) is 0 Å². The summed E-state index contributed by atoms with van der Waals surface area (Å²) in [7, 11) is 0. The van der Waals surface area contributed by atoms with Crippen molar-refractivity contribution < 1.29 is 4.79 Å². The summed E-state index contributed by atoms with van der Waals surface area (Å²) in [6.07, 6.45) is 5.92. The highest BCUT2D eigenvalue weighted by molar-refractivity contribution is 6.61. The third-order valence-corrected chi connectivity index (χ3v) is 3.38. The summed E-state index contributed by atoms with van der Waals surface area (Å²) in [6, 6.07) is 0. The van der Waals surface area contributed by atoms with Gasteiger partial charge in [0.25, 0.3) is 0 Å². The van der Waals surface area contributed by atoms with Crippen molar-refractivity contribution in [1.82, 2.24) is 0 Å². The largest absolute Gasteiger partial charge is 0.296 e. The minimum absolute atomic E-state index is 0.00943. The molecule has 60 valence electrons. The van der Waals surface area contributed by atoms with E-state index in [9.17, 15) is 4.79 Å². The number of Topliss-reactive ketones (excluding diaryl/α,β-unsaturated/α-hetero) is 1. The van der Waals surface area contributed by atoms with Gasteiger partial charge in [-0.05, 0) is 12.8 Å². The van der Waals surface area contributed by atoms with Crippen LogP contribution in [-0.2, 0) is 4.79 Å². The normalized spacial score (nSPS) is 39.6. The van der Waals surface area contributed by atoms with Gasteiger partial charge in [-0.1, -0.05) is 35.4 Å². The molecule has 0 aromatic carbocycles. The van der Waals surface area contributed by atoms with Crippen LogP contribution in [0.3, 0.4) is 0 Å². The Balaban J connectivity index is 2.27. The molecule has 2 atom stereocenters. The quantitative estimate of drug-likeness (QED) is 0.424. The molecule has 2 aliphatic rings. The van der Waals surface area contributed by atoms with Gasteiger partial charge in [0.1, 0.15) is 0 Å². The third-order valence-electron chi connectivity index (χ3n) is 2.51. The van der Waals surface area contributed by atoms with E-state index in [0.717, 1.165) is 12.8 Å². The molecule has 0 N–H and O–H groups in total. The number of hydrogen-bond acceptors (Lipinski definition) is 1. The van der Waals surface area contributed by atoms with Crippen molar-refractivity contribution in [2.45, 2.75) is 17.2 Å². The summed E-state index contributed by atoms with van der Waals surface area (Å²) in [5.74, 6) is 0.192. The molecule has 0 radical (unpaired) electrons. The van der Waals surface area contributed by atoms with Gasteiger partial charge in [-0.25, -0.2) is 0 Å². The minimum Gasteiger partial charge on any atom is -0.296 e. The van der Waals surface area contributed by atoms with E-state index in [1.807, 2.05) is 12.2 Å². The molecule has 2 aliphatic carbocycles. The van der Waals surface area contributed by atoms with Crippen LogP contribution in [0.1, 0.15) is 12.8 Å². The van der Waals surface area contributed by atoms with Crippen LogP contribution < -0.4 is 0 Å². The number of allylic oxidation sites excluding steroid dienone is 2. The highest BCUT2D eigenvalue weighted by atomic mass is 35.5. The van der Waals surface area contributed by atoms with Crippen molar-refractivity contribution in [2.75, 3.05) is 0 Å². The van der Waals surface area contributed by atoms with Gasteiger partial charge in [0, 0.05) is 11.8 Å². The standard InChI is InChI=1S/C8H8Cl2O/c9-8(10)6-4-2-1-3-5(6)7(8)11/h2,4-6H,1,3H2. The first-order chi connectivity index (χ1) is 5.14. The lowest BCUT2D eigenvalue weighted by atomic mass is 9.67. The Labute approximate surface area is 75.4 Å². The SMILES string of the molecule is O=C1C2CCC=CC2C1(Cl)Cl. The van der Waals surface area contributed by atoms with E-state index in [1.54, 1.807) is 0 Å². The van der Waals surface area contributed by atoms with Gasteiger partial charge < -0.3 is 0 Å². The van der Waals surface area contributed by atoms with Gasteiger partial charge in [0.2, 0.25) is 0 Å². The van der Waals surface area contributed by atoms with Crippen molar-refractivity contribution >= 4 is 29.0 Å². The van der Waals surface area contributed by atoms with Gasteiger partial charge in [0.15, 0.2) is 10.1 Å². The second kappa shape index (κ2) is 2.24. The number of halogens is 2. The molecule has 1 nitrogen and oxygen atoms in total. The van der Waals surface area contributed by atoms with Gasteiger partial charge >= 0.3 is 0 Å². The van der Waals surface area contributed by atoms with E-state index in [0.29, 0.717) is 0 Å². The van der Waals surface area contributed by atoms with Gasteiger partial charge in [-0.3, -0.25) is 4.79 Å². The molecule has 0 saturated heterocycles. The Bertz CT molecular complexity index is 232. The van der Waals surface area contributed by atoms with Crippen LogP contribution >= 0.6 is 23.2 Å².